The molecule has 2 aliphatic rings. The fourth-order valence-corrected chi connectivity index (χ4v) is 3.18. The normalized spacial score (nSPS) is 21.0. The quantitative estimate of drug-likeness (QED) is 0.776. The summed E-state index contributed by atoms with van der Waals surface area (Å²) < 4.78 is 11.9. The summed E-state index contributed by atoms with van der Waals surface area (Å²) in [4.78, 5) is 28.1. The third-order valence-corrected chi connectivity index (χ3v) is 4.85. The molecule has 2 aliphatic heterocycles. The minimum atomic E-state index is -0.284. The van der Waals surface area contributed by atoms with E-state index in [2.05, 4.69) is 15.9 Å². The van der Waals surface area contributed by atoms with E-state index < -0.39 is 0 Å². The minimum absolute atomic E-state index is 0.0152. The number of carbonyl (C=O) groups excluding carboxylic acids is 2. The third kappa shape index (κ3) is 4.27. The first-order valence-electron chi connectivity index (χ1n) is 8.20. The van der Waals surface area contributed by atoms with Crippen molar-refractivity contribution in [1.82, 2.24) is 9.80 Å². The molecule has 0 spiro atoms. The molecule has 2 heterocycles. The number of hydrogen-bond donors (Lipinski definition) is 0. The van der Waals surface area contributed by atoms with Gasteiger partial charge in [-0.3, -0.25) is 9.59 Å². The lowest BCUT2D eigenvalue weighted by atomic mass is 10.2. The van der Waals surface area contributed by atoms with Crippen molar-refractivity contribution in [3.63, 3.8) is 0 Å². The molecule has 1 atom stereocenters. The second kappa shape index (κ2) is 7.98. The Morgan fingerprint density at radius 3 is 2.42 bits per heavy atom. The second-order valence-corrected chi connectivity index (χ2v) is 6.87. The Hall–Kier alpha value is -1.60. The number of hydrogen-bond acceptors (Lipinski definition) is 4. The molecule has 2 fully saturated rings. The van der Waals surface area contributed by atoms with Gasteiger partial charge in [-0.2, -0.15) is 0 Å². The molecule has 0 aliphatic carbocycles. The molecular weight excluding hydrogens is 376 g/mol. The molecule has 24 heavy (non-hydrogen) atoms. The Morgan fingerprint density at radius 1 is 1.12 bits per heavy atom. The number of amides is 2. The summed E-state index contributed by atoms with van der Waals surface area (Å²) in [5.41, 5.74) is 0. The molecule has 0 N–H and O–H groups in total. The maximum atomic E-state index is 12.3. The predicted octanol–water partition coefficient (Wildman–Crippen LogP) is 1.68. The lowest BCUT2D eigenvalue weighted by molar-refractivity contribution is -0.146. The highest BCUT2D eigenvalue weighted by molar-refractivity contribution is 9.10. The number of halogens is 1. The highest BCUT2D eigenvalue weighted by Gasteiger charge is 2.31. The summed E-state index contributed by atoms with van der Waals surface area (Å²) in [7, 11) is 0. The molecule has 1 aromatic carbocycles. The molecule has 2 amide bonds. The van der Waals surface area contributed by atoms with Gasteiger partial charge in [-0.25, -0.2) is 0 Å². The van der Waals surface area contributed by atoms with Gasteiger partial charge < -0.3 is 19.3 Å². The molecule has 7 heteroatoms. The van der Waals surface area contributed by atoms with Crippen LogP contribution in [0.25, 0.3) is 0 Å². The fourth-order valence-electron chi connectivity index (χ4n) is 2.92. The highest BCUT2D eigenvalue weighted by atomic mass is 79.9. The molecule has 3 rings (SSSR count). The van der Waals surface area contributed by atoms with Gasteiger partial charge in [0.2, 0.25) is 0 Å². The average Bonchev–Trinajstić information content (AvgIpc) is 3.15. The van der Waals surface area contributed by atoms with Gasteiger partial charge >= 0.3 is 0 Å². The Morgan fingerprint density at radius 2 is 1.79 bits per heavy atom. The maximum absolute atomic E-state index is 12.3. The smallest absolute Gasteiger partial charge is 0.260 e. The Kier molecular flexibility index (Phi) is 5.73. The largest absolute Gasteiger partial charge is 0.484 e. The first-order valence-corrected chi connectivity index (χ1v) is 8.99. The maximum Gasteiger partial charge on any atom is 0.260 e. The number of nitrogens with zero attached hydrogens (tertiary/aromatic N) is 2. The lowest BCUT2D eigenvalue weighted by Crippen LogP contribution is -2.53. The molecule has 1 aromatic rings. The lowest BCUT2D eigenvalue weighted by Gasteiger charge is -2.35. The third-order valence-electron chi connectivity index (χ3n) is 4.33. The standard InChI is InChI=1S/C17H21BrN2O4/c18-13-3-5-14(6-4-13)24-12-16(21)19-7-9-20(10-8-19)17(22)15-2-1-11-23-15/h3-6,15H,1-2,7-12H2. The first-order chi connectivity index (χ1) is 11.6. The molecule has 6 nitrogen and oxygen atoms in total. The summed E-state index contributed by atoms with van der Waals surface area (Å²) >= 11 is 3.36. The van der Waals surface area contributed by atoms with Crippen LogP contribution in [-0.2, 0) is 14.3 Å². The van der Waals surface area contributed by atoms with Gasteiger partial charge in [-0.05, 0) is 37.1 Å². The Bertz CT molecular complexity index is 579. The summed E-state index contributed by atoms with van der Waals surface area (Å²) in [5.74, 6) is 0.673. The van der Waals surface area contributed by atoms with Crippen LogP contribution < -0.4 is 4.74 Å². The monoisotopic (exact) mass is 396 g/mol. The average molecular weight is 397 g/mol. The number of piperazine rings is 1. The molecule has 0 radical (unpaired) electrons. The van der Waals surface area contributed by atoms with E-state index in [-0.39, 0.29) is 24.5 Å². The summed E-state index contributed by atoms with van der Waals surface area (Å²) in [6.07, 6.45) is 1.47. The molecule has 0 bridgehead atoms. The van der Waals surface area contributed by atoms with Crippen LogP contribution in [0.15, 0.2) is 28.7 Å². The van der Waals surface area contributed by atoms with Gasteiger partial charge in [0.25, 0.3) is 11.8 Å². The van der Waals surface area contributed by atoms with Gasteiger partial charge in [-0.15, -0.1) is 0 Å². The van der Waals surface area contributed by atoms with E-state index in [0.717, 1.165) is 17.3 Å². The van der Waals surface area contributed by atoms with Crippen molar-refractivity contribution in [2.45, 2.75) is 18.9 Å². The molecule has 130 valence electrons. The van der Waals surface area contributed by atoms with Gasteiger partial charge in [0.05, 0.1) is 0 Å². The van der Waals surface area contributed by atoms with Crippen molar-refractivity contribution in [2.24, 2.45) is 0 Å². The van der Waals surface area contributed by atoms with Crippen molar-refractivity contribution in [2.75, 3.05) is 39.4 Å². The molecular formula is C17H21BrN2O4. The summed E-state index contributed by atoms with van der Waals surface area (Å²) in [5, 5.41) is 0. The zero-order valence-electron chi connectivity index (χ0n) is 13.4. The zero-order valence-corrected chi connectivity index (χ0v) is 15.0. The summed E-state index contributed by atoms with van der Waals surface area (Å²) in [6, 6.07) is 7.37. The van der Waals surface area contributed by atoms with E-state index in [9.17, 15) is 9.59 Å². The van der Waals surface area contributed by atoms with Crippen molar-refractivity contribution < 1.29 is 19.1 Å². The van der Waals surface area contributed by atoms with Crippen LogP contribution in [0.4, 0.5) is 0 Å². The molecule has 0 saturated carbocycles. The first kappa shape index (κ1) is 17.2. The van der Waals surface area contributed by atoms with Crippen LogP contribution in [0.1, 0.15) is 12.8 Å². The molecule has 1 unspecified atom stereocenters. The van der Waals surface area contributed by atoms with E-state index >= 15 is 0 Å². The van der Waals surface area contributed by atoms with Crippen molar-refractivity contribution in [3.8, 4) is 5.75 Å². The number of carbonyl (C=O) groups is 2. The van der Waals surface area contributed by atoms with E-state index in [1.807, 2.05) is 24.3 Å². The van der Waals surface area contributed by atoms with Gasteiger partial charge in [0, 0.05) is 37.3 Å². The van der Waals surface area contributed by atoms with Gasteiger partial charge in [0.15, 0.2) is 6.61 Å². The fraction of sp³-hybridized carbons (Fsp3) is 0.529. The summed E-state index contributed by atoms with van der Waals surface area (Å²) in [6.45, 7) is 2.89. The van der Waals surface area contributed by atoms with Crippen LogP contribution in [0.5, 0.6) is 5.75 Å². The Labute approximate surface area is 149 Å². The van der Waals surface area contributed by atoms with Crippen molar-refractivity contribution >= 4 is 27.7 Å². The number of ether oxygens (including phenoxy) is 2. The van der Waals surface area contributed by atoms with E-state index in [1.54, 1.807) is 9.80 Å². The van der Waals surface area contributed by atoms with Crippen LogP contribution in [0.3, 0.4) is 0 Å². The second-order valence-electron chi connectivity index (χ2n) is 5.95. The number of benzene rings is 1. The topological polar surface area (TPSA) is 59.1 Å². The van der Waals surface area contributed by atoms with E-state index in [4.69, 9.17) is 9.47 Å². The van der Waals surface area contributed by atoms with Crippen molar-refractivity contribution in [1.29, 1.82) is 0 Å². The van der Waals surface area contributed by atoms with Gasteiger partial charge in [0.1, 0.15) is 11.9 Å². The Balaban J connectivity index is 1.43. The van der Waals surface area contributed by atoms with Crippen LogP contribution >= 0.6 is 15.9 Å². The van der Waals surface area contributed by atoms with Crippen molar-refractivity contribution in [3.05, 3.63) is 28.7 Å². The van der Waals surface area contributed by atoms with Gasteiger partial charge in [-0.1, -0.05) is 15.9 Å². The van der Waals surface area contributed by atoms with E-state index in [0.29, 0.717) is 38.5 Å². The molecule has 0 aromatic heterocycles. The minimum Gasteiger partial charge on any atom is -0.484 e. The van der Waals surface area contributed by atoms with Crippen LogP contribution in [0, 0.1) is 0 Å². The zero-order chi connectivity index (χ0) is 16.9. The highest BCUT2D eigenvalue weighted by Crippen LogP contribution is 2.17. The number of rotatable bonds is 4. The van der Waals surface area contributed by atoms with E-state index in [1.165, 1.54) is 0 Å². The van der Waals surface area contributed by atoms with Crippen LogP contribution in [0.2, 0.25) is 0 Å². The predicted molar refractivity (Wildman–Crippen MR) is 91.8 cm³/mol. The SMILES string of the molecule is O=C(COc1ccc(Br)cc1)N1CCN(C(=O)C2CCCO2)CC1. The van der Waals surface area contributed by atoms with Crippen LogP contribution in [-0.4, -0.2) is 67.1 Å². The molecule has 2 saturated heterocycles.